The third-order valence-electron chi connectivity index (χ3n) is 1.82. The molecule has 1 unspecified atom stereocenters. The minimum Gasteiger partial charge on any atom is -0.391 e. The molecule has 0 fully saturated rings. The number of aliphatic hydroxyl groups excluding tert-OH is 1. The molecule has 3 heteroatoms. The van der Waals surface area contributed by atoms with Crippen LogP contribution in [0.3, 0.4) is 0 Å². The maximum Gasteiger partial charge on any atom is 0.123 e. The summed E-state index contributed by atoms with van der Waals surface area (Å²) in [5, 5.41) is 12.3. The molecule has 0 saturated carbocycles. The van der Waals surface area contributed by atoms with Crippen LogP contribution in [0.25, 0.3) is 0 Å². The van der Waals surface area contributed by atoms with Crippen LogP contribution in [-0.2, 0) is 6.42 Å². The standard InChI is InChI=1S/C10H14FNO/c1-12-7-10(13)6-8-2-4-9(11)5-3-8/h2-5,10,12-13H,6-7H2,1H3. The molecule has 2 N–H and O–H groups in total. The van der Waals surface area contributed by atoms with Crippen molar-refractivity contribution >= 4 is 0 Å². The molecule has 0 bridgehead atoms. The number of rotatable bonds is 4. The van der Waals surface area contributed by atoms with Crippen LogP contribution in [0.5, 0.6) is 0 Å². The smallest absolute Gasteiger partial charge is 0.123 e. The molecule has 0 aromatic heterocycles. The molecular weight excluding hydrogens is 169 g/mol. The fourth-order valence-corrected chi connectivity index (χ4v) is 1.20. The fourth-order valence-electron chi connectivity index (χ4n) is 1.20. The molecule has 13 heavy (non-hydrogen) atoms. The lowest BCUT2D eigenvalue weighted by atomic mass is 10.1. The third kappa shape index (κ3) is 3.53. The van der Waals surface area contributed by atoms with Gasteiger partial charge in [-0.2, -0.15) is 0 Å². The van der Waals surface area contributed by atoms with Crippen molar-refractivity contribution in [2.45, 2.75) is 12.5 Å². The SMILES string of the molecule is CNCC(O)Cc1ccc(F)cc1. The molecule has 0 radical (unpaired) electrons. The molecule has 0 amide bonds. The molecule has 0 aliphatic carbocycles. The largest absolute Gasteiger partial charge is 0.391 e. The normalized spacial score (nSPS) is 12.8. The summed E-state index contributed by atoms with van der Waals surface area (Å²) in [5.74, 6) is -0.244. The Balaban J connectivity index is 2.49. The summed E-state index contributed by atoms with van der Waals surface area (Å²) >= 11 is 0. The zero-order valence-corrected chi connectivity index (χ0v) is 7.63. The van der Waals surface area contributed by atoms with Crippen molar-refractivity contribution in [3.8, 4) is 0 Å². The monoisotopic (exact) mass is 183 g/mol. The Morgan fingerprint density at radius 2 is 2.00 bits per heavy atom. The Hall–Kier alpha value is -0.930. The lowest BCUT2D eigenvalue weighted by Crippen LogP contribution is -2.25. The number of likely N-dealkylation sites (N-methyl/N-ethyl adjacent to an activating group) is 1. The number of halogens is 1. The predicted octanol–water partition coefficient (Wildman–Crippen LogP) is 0.948. The zero-order chi connectivity index (χ0) is 9.68. The van der Waals surface area contributed by atoms with Gasteiger partial charge in [0.1, 0.15) is 5.82 Å². The Bertz CT molecular complexity index is 248. The first-order valence-electron chi connectivity index (χ1n) is 4.29. The second-order valence-corrected chi connectivity index (χ2v) is 3.04. The van der Waals surface area contributed by atoms with E-state index in [9.17, 15) is 9.50 Å². The summed E-state index contributed by atoms with van der Waals surface area (Å²) in [5.41, 5.74) is 0.948. The molecular formula is C10H14FNO. The van der Waals surface area contributed by atoms with Gasteiger partial charge in [-0.05, 0) is 31.2 Å². The van der Waals surface area contributed by atoms with Crippen LogP contribution >= 0.6 is 0 Å². The van der Waals surface area contributed by atoms with E-state index in [1.165, 1.54) is 12.1 Å². The van der Waals surface area contributed by atoms with Gasteiger partial charge in [-0.1, -0.05) is 12.1 Å². The Labute approximate surface area is 77.4 Å². The molecule has 0 aliphatic heterocycles. The molecule has 0 saturated heterocycles. The van der Waals surface area contributed by atoms with E-state index in [4.69, 9.17) is 0 Å². The van der Waals surface area contributed by atoms with Crippen molar-refractivity contribution < 1.29 is 9.50 Å². The maximum atomic E-state index is 12.5. The number of hydrogen-bond acceptors (Lipinski definition) is 2. The summed E-state index contributed by atoms with van der Waals surface area (Å²) in [7, 11) is 1.79. The van der Waals surface area contributed by atoms with E-state index in [1.54, 1.807) is 19.2 Å². The van der Waals surface area contributed by atoms with E-state index in [0.29, 0.717) is 13.0 Å². The van der Waals surface area contributed by atoms with Crippen LogP contribution in [0.15, 0.2) is 24.3 Å². The first-order valence-corrected chi connectivity index (χ1v) is 4.29. The fraction of sp³-hybridized carbons (Fsp3) is 0.400. The average Bonchev–Trinajstić information content (AvgIpc) is 2.09. The minimum absolute atomic E-state index is 0.244. The number of benzene rings is 1. The van der Waals surface area contributed by atoms with Gasteiger partial charge in [0.05, 0.1) is 6.10 Å². The molecule has 1 aromatic rings. The Morgan fingerprint density at radius 1 is 1.38 bits per heavy atom. The average molecular weight is 183 g/mol. The molecule has 0 heterocycles. The molecule has 0 spiro atoms. The highest BCUT2D eigenvalue weighted by Gasteiger charge is 2.03. The summed E-state index contributed by atoms with van der Waals surface area (Å²) < 4.78 is 12.5. The van der Waals surface area contributed by atoms with Gasteiger partial charge in [0, 0.05) is 6.54 Å². The van der Waals surface area contributed by atoms with Crippen LogP contribution in [0.2, 0.25) is 0 Å². The van der Waals surface area contributed by atoms with Crippen LogP contribution in [0.1, 0.15) is 5.56 Å². The van der Waals surface area contributed by atoms with Crippen molar-refractivity contribution in [3.05, 3.63) is 35.6 Å². The Morgan fingerprint density at radius 3 is 2.54 bits per heavy atom. The molecule has 1 atom stereocenters. The topological polar surface area (TPSA) is 32.3 Å². The molecule has 0 aliphatic rings. The van der Waals surface area contributed by atoms with Gasteiger partial charge >= 0.3 is 0 Å². The lowest BCUT2D eigenvalue weighted by molar-refractivity contribution is 0.175. The van der Waals surface area contributed by atoms with Gasteiger partial charge in [0.25, 0.3) is 0 Å². The molecule has 1 rings (SSSR count). The highest BCUT2D eigenvalue weighted by molar-refractivity contribution is 5.16. The first kappa shape index (κ1) is 10.2. The van der Waals surface area contributed by atoms with Crippen LogP contribution in [-0.4, -0.2) is 24.8 Å². The summed E-state index contributed by atoms with van der Waals surface area (Å²) in [6.45, 7) is 0.553. The first-order chi connectivity index (χ1) is 6.22. The van der Waals surface area contributed by atoms with E-state index >= 15 is 0 Å². The van der Waals surface area contributed by atoms with Gasteiger partial charge in [-0.15, -0.1) is 0 Å². The summed E-state index contributed by atoms with van der Waals surface area (Å²) in [4.78, 5) is 0. The van der Waals surface area contributed by atoms with Gasteiger partial charge < -0.3 is 10.4 Å². The minimum atomic E-state index is -0.407. The maximum absolute atomic E-state index is 12.5. The number of aliphatic hydroxyl groups is 1. The van der Waals surface area contributed by atoms with E-state index in [-0.39, 0.29) is 5.82 Å². The summed E-state index contributed by atoms with van der Waals surface area (Å²) in [6.07, 6.45) is 0.150. The van der Waals surface area contributed by atoms with E-state index < -0.39 is 6.10 Å². The van der Waals surface area contributed by atoms with Crippen molar-refractivity contribution in [1.29, 1.82) is 0 Å². The molecule has 1 aromatic carbocycles. The quantitative estimate of drug-likeness (QED) is 0.728. The van der Waals surface area contributed by atoms with E-state index in [0.717, 1.165) is 5.56 Å². The van der Waals surface area contributed by atoms with Gasteiger partial charge in [0.2, 0.25) is 0 Å². The highest BCUT2D eigenvalue weighted by Crippen LogP contribution is 2.05. The van der Waals surface area contributed by atoms with Crippen molar-refractivity contribution in [3.63, 3.8) is 0 Å². The van der Waals surface area contributed by atoms with Gasteiger partial charge in [0.15, 0.2) is 0 Å². The van der Waals surface area contributed by atoms with E-state index in [1.807, 2.05) is 0 Å². The lowest BCUT2D eigenvalue weighted by Gasteiger charge is -2.09. The van der Waals surface area contributed by atoms with Crippen molar-refractivity contribution in [2.75, 3.05) is 13.6 Å². The second-order valence-electron chi connectivity index (χ2n) is 3.04. The third-order valence-corrected chi connectivity index (χ3v) is 1.82. The second kappa shape index (κ2) is 4.94. The molecule has 72 valence electrons. The van der Waals surface area contributed by atoms with Gasteiger partial charge in [-0.25, -0.2) is 4.39 Å². The number of nitrogens with one attached hydrogen (secondary N) is 1. The van der Waals surface area contributed by atoms with Crippen molar-refractivity contribution in [2.24, 2.45) is 0 Å². The summed E-state index contributed by atoms with van der Waals surface area (Å²) in [6, 6.07) is 6.19. The zero-order valence-electron chi connectivity index (χ0n) is 7.63. The predicted molar refractivity (Wildman–Crippen MR) is 50.0 cm³/mol. The van der Waals surface area contributed by atoms with Crippen LogP contribution in [0, 0.1) is 5.82 Å². The molecule has 2 nitrogen and oxygen atoms in total. The van der Waals surface area contributed by atoms with Crippen LogP contribution in [0.4, 0.5) is 4.39 Å². The number of hydrogen-bond donors (Lipinski definition) is 2. The van der Waals surface area contributed by atoms with E-state index in [2.05, 4.69) is 5.32 Å². The Kier molecular flexibility index (Phi) is 3.86. The van der Waals surface area contributed by atoms with Crippen molar-refractivity contribution in [1.82, 2.24) is 5.32 Å². The highest BCUT2D eigenvalue weighted by atomic mass is 19.1. The van der Waals surface area contributed by atoms with Crippen LogP contribution < -0.4 is 5.32 Å². The van der Waals surface area contributed by atoms with Gasteiger partial charge in [-0.3, -0.25) is 0 Å².